The van der Waals surface area contributed by atoms with Gasteiger partial charge in [-0.3, -0.25) is 9.69 Å². The zero-order valence-corrected chi connectivity index (χ0v) is 17.1. The van der Waals surface area contributed by atoms with Gasteiger partial charge in [-0.2, -0.15) is 0 Å². The van der Waals surface area contributed by atoms with Crippen molar-refractivity contribution >= 4 is 5.91 Å². The van der Waals surface area contributed by atoms with Crippen LogP contribution in [0, 0.1) is 0 Å². The number of hydrogen-bond donors (Lipinski definition) is 1. The van der Waals surface area contributed by atoms with Crippen molar-refractivity contribution in [2.24, 2.45) is 0 Å². The van der Waals surface area contributed by atoms with E-state index in [0.29, 0.717) is 12.6 Å². The van der Waals surface area contributed by atoms with Crippen molar-refractivity contribution in [1.82, 2.24) is 10.2 Å². The molecule has 4 nitrogen and oxygen atoms in total. The highest BCUT2D eigenvalue weighted by Crippen LogP contribution is 2.21. The predicted molar refractivity (Wildman–Crippen MR) is 113 cm³/mol. The maximum atomic E-state index is 12.8. The van der Waals surface area contributed by atoms with Crippen LogP contribution in [0.15, 0.2) is 54.6 Å². The van der Waals surface area contributed by atoms with E-state index in [1.807, 2.05) is 30.3 Å². The number of carbonyl (C=O) groups excluding carboxylic acids is 1. The third-order valence-electron chi connectivity index (χ3n) is 5.29. The lowest BCUT2D eigenvalue weighted by molar-refractivity contribution is -0.122. The average molecular weight is 381 g/mol. The molecule has 1 fully saturated rings. The van der Waals surface area contributed by atoms with Gasteiger partial charge in [0, 0.05) is 26.2 Å². The van der Waals surface area contributed by atoms with Crippen molar-refractivity contribution in [2.75, 3.05) is 19.7 Å². The molecule has 2 aromatic rings. The molecule has 4 heteroatoms. The second kappa shape index (κ2) is 10.4. The SMILES string of the molecule is CCCC(C(=O)NCc1cccc(CN2CCOC(C)C2)c1)c1ccccc1. The third-order valence-corrected chi connectivity index (χ3v) is 5.29. The predicted octanol–water partition coefficient (Wildman–Crippen LogP) is 4.11. The van der Waals surface area contributed by atoms with E-state index in [9.17, 15) is 4.79 Å². The van der Waals surface area contributed by atoms with Gasteiger partial charge >= 0.3 is 0 Å². The summed E-state index contributed by atoms with van der Waals surface area (Å²) in [5.74, 6) is 0.0321. The topological polar surface area (TPSA) is 41.6 Å². The molecular weight excluding hydrogens is 348 g/mol. The number of nitrogens with zero attached hydrogens (tertiary/aromatic N) is 1. The fourth-order valence-electron chi connectivity index (χ4n) is 3.87. The fourth-order valence-corrected chi connectivity index (χ4v) is 3.87. The zero-order valence-electron chi connectivity index (χ0n) is 17.1. The number of hydrogen-bond acceptors (Lipinski definition) is 3. The molecule has 1 amide bonds. The summed E-state index contributed by atoms with van der Waals surface area (Å²) in [5.41, 5.74) is 3.53. The smallest absolute Gasteiger partial charge is 0.227 e. The average Bonchev–Trinajstić information content (AvgIpc) is 2.71. The molecule has 0 spiro atoms. The van der Waals surface area contributed by atoms with Gasteiger partial charge in [-0.1, -0.05) is 67.9 Å². The van der Waals surface area contributed by atoms with Gasteiger partial charge in [-0.25, -0.2) is 0 Å². The van der Waals surface area contributed by atoms with E-state index in [1.54, 1.807) is 0 Å². The number of nitrogens with one attached hydrogen (secondary N) is 1. The summed E-state index contributed by atoms with van der Waals surface area (Å²) in [5, 5.41) is 3.15. The first kappa shape index (κ1) is 20.6. The van der Waals surface area contributed by atoms with Crippen LogP contribution >= 0.6 is 0 Å². The number of carbonyl (C=O) groups is 1. The van der Waals surface area contributed by atoms with Crippen LogP contribution < -0.4 is 5.32 Å². The summed E-state index contributed by atoms with van der Waals surface area (Å²) in [4.78, 5) is 15.2. The van der Waals surface area contributed by atoms with Gasteiger partial charge in [0.1, 0.15) is 0 Å². The Hall–Kier alpha value is -2.17. The number of benzene rings is 2. The van der Waals surface area contributed by atoms with Crippen LogP contribution in [0.3, 0.4) is 0 Å². The van der Waals surface area contributed by atoms with Crippen molar-refractivity contribution < 1.29 is 9.53 Å². The van der Waals surface area contributed by atoms with E-state index in [2.05, 4.69) is 48.3 Å². The Morgan fingerprint density at radius 2 is 1.96 bits per heavy atom. The highest BCUT2D eigenvalue weighted by molar-refractivity contribution is 5.83. The zero-order chi connectivity index (χ0) is 19.8. The first-order valence-corrected chi connectivity index (χ1v) is 10.4. The van der Waals surface area contributed by atoms with Crippen LogP contribution in [-0.2, 0) is 22.6 Å². The molecule has 1 aliphatic rings. The van der Waals surface area contributed by atoms with Crippen LogP contribution in [0.5, 0.6) is 0 Å². The van der Waals surface area contributed by atoms with Crippen LogP contribution in [0.4, 0.5) is 0 Å². The lowest BCUT2D eigenvalue weighted by Gasteiger charge is -2.31. The number of amides is 1. The molecule has 0 bridgehead atoms. The second-order valence-electron chi connectivity index (χ2n) is 7.71. The number of ether oxygens (including phenoxy) is 1. The molecule has 0 saturated carbocycles. The minimum absolute atomic E-state index is 0.0794. The van der Waals surface area contributed by atoms with Crippen molar-refractivity contribution in [3.63, 3.8) is 0 Å². The molecule has 0 aromatic heterocycles. The normalized spacial score (nSPS) is 18.6. The minimum Gasteiger partial charge on any atom is -0.376 e. The maximum Gasteiger partial charge on any atom is 0.227 e. The van der Waals surface area contributed by atoms with E-state index in [4.69, 9.17) is 4.74 Å². The van der Waals surface area contributed by atoms with E-state index in [-0.39, 0.29) is 11.8 Å². The summed E-state index contributed by atoms with van der Waals surface area (Å²) in [7, 11) is 0. The van der Waals surface area contributed by atoms with Crippen LogP contribution in [0.1, 0.15) is 49.3 Å². The highest BCUT2D eigenvalue weighted by Gasteiger charge is 2.19. The molecule has 0 aliphatic carbocycles. The number of rotatable bonds is 8. The third kappa shape index (κ3) is 5.91. The molecule has 150 valence electrons. The van der Waals surface area contributed by atoms with Gasteiger partial charge < -0.3 is 10.1 Å². The van der Waals surface area contributed by atoms with Crippen molar-refractivity contribution in [2.45, 2.75) is 51.8 Å². The van der Waals surface area contributed by atoms with Gasteiger partial charge in [0.2, 0.25) is 5.91 Å². The first-order valence-electron chi connectivity index (χ1n) is 10.4. The molecule has 2 unspecified atom stereocenters. The largest absolute Gasteiger partial charge is 0.376 e. The molecule has 3 rings (SSSR count). The van der Waals surface area contributed by atoms with E-state index < -0.39 is 0 Å². The summed E-state index contributed by atoms with van der Waals surface area (Å²) < 4.78 is 5.62. The lowest BCUT2D eigenvalue weighted by atomic mass is 9.93. The molecule has 2 aromatic carbocycles. The Morgan fingerprint density at radius 1 is 1.18 bits per heavy atom. The molecule has 2 atom stereocenters. The van der Waals surface area contributed by atoms with Crippen molar-refractivity contribution in [3.05, 3.63) is 71.3 Å². The Kier molecular flexibility index (Phi) is 7.63. The quantitative estimate of drug-likeness (QED) is 0.749. The van der Waals surface area contributed by atoms with E-state index >= 15 is 0 Å². The van der Waals surface area contributed by atoms with Gasteiger partial charge in [0.25, 0.3) is 0 Å². The molecule has 28 heavy (non-hydrogen) atoms. The lowest BCUT2D eigenvalue weighted by Crippen LogP contribution is -2.40. The fraction of sp³-hybridized carbons (Fsp3) is 0.458. The first-order chi connectivity index (χ1) is 13.7. The Bertz CT molecular complexity index is 747. The molecule has 0 radical (unpaired) electrons. The van der Waals surface area contributed by atoms with Crippen LogP contribution in [0.2, 0.25) is 0 Å². The molecule has 1 aliphatic heterocycles. The van der Waals surface area contributed by atoms with Gasteiger partial charge in [0.15, 0.2) is 0 Å². The Morgan fingerprint density at radius 3 is 2.71 bits per heavy atom. The Balaban J connectivity index is 1.58. The van der Waals surface area contributed by atoms with E-state index in [1.165, 1.54) is 5.56 Å². The van der Waals surface area contributed by atoms with Gasteiger partial charge in [-0.05, 0) is 30.0 Å². The van der Waals surface area contributed by atoms with Crippen LogP contribution in [-0.4, -0.2) is 36.6 Å². The summed E-state index contributed by atoms with van der Waals surface area (Å²) in [6, 6.07) is 18.6. The van der Waals surface area contributed by atoms with Gasteiger partial charge in [-0.15, -0.1) is 0 Å². The number of morpholine rings is 1. The van der Waals surface area contributed by atoms with Crippen molar-refractivity contribution in [3.8, 4) is 0 Å². The Labute approximate surface area is 168 Å². The van der Waals surface area contributed by atoms with Gasteiger partial charge in [0.05, 0.1) is 18.6 Å². The van der Waals surface area contributed by atoms with E-state index in [0.717, 1.165) is 50.2 Å². The summed E-state index contributed by atoms with van der Waals surface area (Å²) in [6.07, 6.45) is 2.15. The molecule has 1 heterocycles. The maximum absolute atomic E-state index is 12.8. The summed E-state index contributed by atoms with van der Waals surface area (Å²) in [6.45, 7) is 8.49. The van der Waals surface area contributed by atoms with Crippen molar-refractivity contribution in [1.29, 1.82) is 0 Å². The standard InChI is InChI=1S/C24H32N2O2/c1-3-8-23(22-11-5-4-6-12-22)24(27)25-16-20-9-7-10-21(15-20)18-26-13-14-28-19(2)17-26/h4-7,9-12,15,19,23H,3,8,13-14,16-18H2,1-2H3,(H,25,27). The monoisotopic (exact) mass is 380 g/mol. The summed E-state index contributed by atoms with van der Waals surface area (Å²) >= 11 is 0. The molecular formula is C24H32N2O2. The highest BCUT2D eigenvalue weighted by atomic mass is 16.5. The van der Waals surface area contributed by atoms with Crippen LogP contribution in [0.25, 0.3) is 0 Å². The molecule has 1 saturated heterocycles. The minimum atomic E-state index is -0.0794. The molecule has 1 N–H and O–H groups in total. The second-order valence-corrected chi connectivity index (χ2v) is 7.71.